The van der Waals surface area contributed by atoms with Crippen molar-refractivity contribution in [1.82, 2.24) is 9.78 Å². The summed E-state index contributed by atoms with van der Waals surface area (Å²) in [5.41, 5.74) is -0.210. The lowest BCUT2D eigenvalue weighted by molar-refractivity contribution is 0.0576. The van der Waals surface area contributed by atoms with Crippen LogP contribution in [0.4, 0.5) is 0 Å². The minimum Gasteiger partial charge on any atom is -0.389 e. The third kappa shape index (κ3) is 3.47. The number of carbonyl (C=O) groups is 1. The highest BCUT2D eigenvalue weighted by Gasteiger charge is 2.16. The minimum atomic E-state index is -0.815. The predicted molar refractivity (Wildman–Crippen MR) is 57.7 cm³/mol. The molecule has 1 heterocycles. The van der Waals surface area contributed by atoms with Gasteiger partial charge in [-0.3, -0.25) is 9.48 Å². The first-order valence-electron chi connectivity index (χ1n) is 5.08. The monoisotopic (exact) mass is 210 g/mol. The fraction of sp³-hybridized carbons (Fsp3) is 0.636. The Morgan fingerprint density at radius 1 is 1.60 bits per heavy atom. The van der Waals surface area contributed by atoms with Crippen LogP contribution in [-0.2, 0) is 6.54 Å². The number of ketones is 1. The molecule has 4 heteroatoms. The molecule has 0 bridgehead atoms. The standard InChI is InChI=1S/C11H18N2O2/c1-8(2)10(14)9-5-12-13(6-9)7-11(3,4)15/h5-6,8,15H,7H2,1-4H3. The quantitative estimate of drug-likeness (QED) is 0.766. The van der Waals surface area contributed by atoms with E-state index in [1.807, 2.05) is 13.8 Å². The molecule has 0 atom stereocenters. The first kappa shape index (κ1) is 11.9. The van der Waals surface area contributed by atoms with Crippen LogP contribution in [0.5, 0.6) is 0 Å². The van der Waals surface area contributed by atoms with E-state index < -0.39 is 5.60 Å². The molecule has 0 spiro atoms. The highest BCUT2D eigenvalue weighted by Crippen LogP contribution is 2.10. The number of hydrogen-bond acceptors (Lipinski definition) is 3. The van der Waals surface area contributed by atoms with Gasteiger partial charge in [-0.15, -0.1) is 0 Å². The average Bonchev–Trinajstić information content (AvgIpc) is 2.48. The van der Waals surface area contributed by atoms with Crippen molar-refractivity contribution in [3.63, 3.8) is 0 Å². The Morgan fingerprint density at radius 3 is 2.67 bits per heavy atom. The summed E-state index contributed by atoms with van der Waals surface area (Å²) in [6, 6.07) is 0. The van der Waals surface area contributed by atoms with E-state index >= 15 is 0 Å². The van der Waals surface area contributed by atoms with E-state index in [4.69, 9.17) is 0 Å². The first-order valence-corrected chi connectivity index (χ1v) is 5.08. The summed E-state index contributed by atoms with van der Waals surface area (Å²) in [5.74, 6) is 0.0572. The molecule has 0 aliphatic heterocycles. The zero-order valence-corrected chi connectivity index (χ0v) is 9.69. The molecule has 1 aromatic heterocycles. The molecule has 0 unspecified atom stereocenters. The molecule has 0 amide bonds. The maximum atomic E-state index is 11.6. The van der Waals surface area contributed by atoms with Crippen molar-refractivity contribution in [1.29, 1.82) is 0 Å². The van der Waals surface area contributed by atoms with E-state index in [-0.39, 0.29) is 11.7 Å². The van der Waals surface area contributed by atoms with Gasteiger partial charge in [0.15, 0.2) is 5.78 Å². The predicted octanol–water partition coefficient (Wildman–Crippen LogP) is 1.49. The van der Waals surface area contributed by atoms with Gasteiger partial charge in [-0.25, -0.2) is 0 Å². The lowest BCUT2D eigenvalue weighted by Crippen LogP contribution is -2.26. The van der Waals surface area contributed by atoms with Crippen LogP contribution in [0.3, 0.4) is 0 Å². The molecule has 0 fully saturated rings. The SMILES string of the molecule is CC(C)C(=O)c1cnn(CC(C)(C)O)c1. The molecule has 1 N–H and O–H groups in total. The zero-order valence-electron chi connectivity index (χ0n) is 9.69. The van der Waals surface area contributed by atoms with E-state index in [2.05, 4.69) is 5.10 Å². The number of rotatable bonds is 4. The topological polar surface area (TPSA) is 55.1 Å². The van der Waals surface area contributed by atoms with E-state index in [9.17, 15) is 9.90 Å². The van der Waals surface area contributed by atoms with Gasteiger partial charge in [0.05, 0.1) is 23.9 Å². The maximum Gasteiger partial charge on any atom is 0.168 e. The summed E-state index contributed by atoms with van der Waals surface area (Å²) in [7, 11) is 0. The van der Waals surface area contributed by atoms with Crippen LogP contribution in [0.2, 0.25) is 0 Å². The second-order valence-electron chi connectivity index (χ2n) is 4.76. The molecule has 0 aliphatic carbocycles. The molecule has 0 saturated heterocycles. The van der Waals surface area contributed by atoms with Crippen LogP contribution < -0.4 is 0 Å². The number of carbonyl (C=O) groups excluding carboxylic acids is 1. The van der Waals surface area contributed by atoms with E-state index in [1.165, 1.54) is 0 Å². The summed E-state index contributed by atoms with van der Waals surface area (Å²) in [6.07, 6.45) is 3.23. The van der Waals surface area contributed by atoms with Crippen molar-refractivity contribution in [2.75, 3.05) is 0 Å². The molecule has 0 saturated carbocycles. The first-order chi connectivity index (χ1) is 6.79. The highest BCUT2D eigenvalue weighted by molar-refractivity contribution is 5.96. The number of Topliss-reactive ketones (excluding diaryl/α,β-unsaturated/α-hetero) is 1. The molecule has 0 aromatic carbocycles. The molecule has 0 aliphatic rings. The Hall–Kier alpha value is -1.16. The van der Waals surface area contributed by atoms with Crippen LogP contribution >= 0.6 is 0 Å². The molecule has 84 valence electrons. The molecule has 1 aromatic rings. The van der Waals surface area contributed by atoms with Crippen LogP contribution in [0, 0.1) is 5.92 Å². The van der Waals surface area contributed by atoms with Crippen LogP contribution in [-0.4, -0.2) is 26.3 Å². The zero-order chi connectivity index (χ0) is 11.6. The van der Waals surface area contributed by atoms with Gasteiger partial charge < -0.3 is 5.11 Å². The Labute approximate surface area is 89.9 Å². The van der Waals surface area contributed by atoms with Crippen molar-refractivity contribution in [3.8, 4) is 0 Å². The van der Waals surface area contributed by atoms with Crippen molar-refractivity contribution < 1.29 is 9.90 Å². The normalized spacial score (nSPS) is 12.1. The van der Waals surface area contributed by atoms with E-state index in [1.54, 1.807) is 30.9 Å². The van der Waals surface area contributed by atoms with Gasteiger partial charge in [0, 0.05) is 12.1 Å². The molecule has 0 radical (unpaired) electrons. The number of nitrogens with zero attached hydrogens (tertiary/aromatic N) is 2. The van der Waals surface area contributed by atoms with Gasteiger partial charge in [-0.05, 0) is 13.8 Å². The molecule has 4 nitrogen and oxygen atoms in total. The van der Waals surface area contributed by atoms with Gasteiger partial charge in [0.2, 0.25) is 0 Å². The number of hydrogen-bond donors (Lipinski definition) is 1. The summed E-state index contributed by atoms with van der Waals surface area (Å²) >= 11 is 0. The molecular weight excluding hydrogens is 192 g/mol. The van der Waals surface area contributed by atoms with Crippen molar-refractivity contribution in [2.45, 2.75) is 39.8 Å². The van der Waals surface area contributed by atoms with Gasteiger partial charge in [-0.2, -0.15) is 5.10 Å². The van der Waals surface area contributed by atoms with Gasteiger partial charge in [0.25, 0.3) is 0 Å². The number of aliphatic hydroxyl groups is 1. The fourth-order valence-electron chi connectivity index (χ4n) is 1.31. The highest BCUT2D eigenvalue weighted by atomic mass is 16.3. The third-order valence-electron chi connectivity index (χ3n) is 1.99. The third-order valence-corrected chi connectivity index (χ3v) is 1.99. The summed E-state index contributed by atoms with van der Waals surface area (Å²) in [5, 5.41) is 13.6. The smallest absolute Gasteiger partial charge is 0.168 e. The minimum absolute atomic E-state index is 0.0233. The second-order valence-corrected chi connectivity index (χ2v) is 4.76. The Morgan fingerprint density at radius 2 is 2.20 bits per heavy atom. The molecule has 1 rings (SSSR count). The summed E-state index contributed by atoms with van der Waals surface area (Å²) < 4.78 is 1.59. The maximum absolute atomic E-state index is 11.6. The van der Waals surface area contributed by atoms with Crippen molar-refractivity contribution in [2.24, 2.45) is 5.92 Å². The summed E-state index contributed by atoms with van der Waals surface area (Å²) in [4.78, 5) is 11.6. The van der Waals surface area contributed by atoms with Crippen LogP contribution in [0.1, 0.15) is 38.1 Å². The van der Waals surface area contributed by atoms with Gasteiger partial charge >= 0.3 is 0 Å². The van der Waals surface area contributed by atoms with Crippen molar-refractivity contribution in [3.05, 3.63) is 18.0 Å². The Bertz CT molecular complexity index is 348. The van der Waals surface area contributed by atoms with Crippen molar-refractivity contribution >= 4 is 5.78 Å². The van der Waals surface area contributed by atoms with Gasteiger partial charge in [-0.1, -0.05) is 13.8 Å². The molecular formula is C11H18N2O2. The van der Waals surface area contributed by atoms with Crippen LogP contribution in [0.25, 0.3) is 0 Å². The lowest BCUT2D eigenvalue weighted by atomic mass is 10.0. The lowest BCUT2D eigenvalue weighted by Gasteiger charge is -2.16. The largest absolute Gasteiger partial charge is 0.389 e. The van der Waals surface area contributed by atoms with E-state index in [0.717, 1.165) is 0 Å². The van der Waals surface area contributed by atoms with E-state index in [0.29, 0.717) is 12.1 Å². The molecule has 15 heavy (non-hydrogen) atoms. The fourth-order valence-corrected chi connectivity index (χ4v) is 1.31. The van der Waals surface area contributed by atoms with Gasteiger partial charge in [0.1, 0.15) is 0 Å². The summed E-state index contributed by atoms with van der Waals surface area (Å²) in [6.45, 7) is 7.51. The average molecular weight is 210 g/mol. The van der Waals surface area contributed by atoms with Crippen LogP contribution in [0.15, 0.2) is 12.4 Å². The Kier molecular flexibility index (Phi) is 3.29. The second kappa shape index (κ2) is 4.14. The number of aromatic nitrogens is 2. The Balaban J connectivity index is 2.77.